The number of hydrogen-bond donors (Lipinski definition) is 1. The van der Waals surface area contributed by atoms with E-state index in [0.717, 1.165) is 54.6 Å². The first-order valence-electron chi connectivity index (χ1n) is 20.5. The summed E-state index contributed by atoms with van der Waals surface area (Å²) in [5.74, 6) is 0. The molecule has 2 aliphatic rings. The maximum absolute atomic E-state index is 12.5. The number of rotatable bonds is 5. The molecule has 9 aromatic carbocycles. The second-order valence-electron chi connectivity index (χ2n) is 15.9. The molecular weight excluding hydrogens is 766 g/mol. The number of pyridine rings is 1. The fraction of sp³-hybridized carbons (Fsp3) is 0.0179. The number of para-hydroxylation sites is 1. The molecule has 0 bridgehead atoms. The van der Waals surface area contributed by atoms with Gasteiger partial charge in [-0.1, -0.05) is 90.6 Å². The molecule has 1 aromatic heterocycles. The summed E-state index contributed by atoms with van der Waals surface area (Å²) >= 11 is 1.88. The van der Waals surface area contributed by atoms with Gasteiger partial charge in [0.25, 0.3) is 0 Å². The molecule has 0 unspecified atom stereocenters. The van der Waals surface area contributed by atoms with Gasteiger partial charge in [0.2, 0.25) is 0 Å². The van der Waals surface area contributed by atoms with E-state index in [2.05, 4.69) is 182 Å². The summed E-state index contributed by atoms with van der Waals surface area (Å²) in [4.78, 5) is 20.5. The van der Waals surface area contributed by atoms with Gasteiger partial charge in [0.1, 0.15) is 0 Å². The van der Waals surface area contributed by atoms with Crippen molar-refractivity contribution in [3.8, 4) is 33.5 Å². The molecule has 1 N–H and O–H groups in total. The van der Waals surface area contributed by atoms with Crippen LogP contribution in [-0.4, -0.2) is 9.88 Å². The van der Waals surface area contributed by atoms with Gasteiger partial charge in [0.15, 0.2) is 0 Å². The van der Waals surface area contributed by atoms with Gasteiger partial charge in [-0.05, 0) is 39.9 Å². The predicted molar refractivity (Wildman–Crippen MR) is 254 cm³/mol. The molecule has 0 amide bonds. The van der Waals surface area contributed by atoms with E-state index < -0.39 is 12.9 Å². The van der Waals surface area contributed by atoms with E-state index in [9.17, 15) is 4.89 Å². The normalized spacial score (nSPS) is 13.8. The van der Waals surface area contributed by atoms with E-state index in [1.165, 1.54) is 48.6 Å². The molecule has 1 aliphatic heterocycles. The minimum atomic E-state index is -3.19. The molecule has 60 heavy (non-hydrogen) atoms. The molecule has 1 spiro atoms. The zero-order valence-corrected chi connectivity index (χ0v) is 34.4. The van der Waals surface area contributed by atoms with Crippen molar-refractivity contribution in [2.75, 3.05) is 0 Å². The van der Waals surface area contributed by atoms with E-state index >= 15 is 0 Å². The van der Waals surface area contributed by atoms with Crippen LogP contribution in [0.4, 0.5) is 0 Å². The zero-order chi connectivity index (χ0) is 39.8. The standard InChI is InChI=1S/C56H38NOPS/c58-59(40-15-3-1-4-16-40,41-17-5-2-6-18-41)42-33-31-38(32-34-42)37-27-29-39(30-28-37)55-45-35-36-49-54(53(45)44-20-8-12-24-50(44)57-55)43-19-7-9-21-46(43)56(49)47-22-10-13-25-51(47)60-52-26-14-11-23-48(52)56/h1-36,58-59H. The summed E-state index contributed by atoms with van der Waals surface area (Å²) in [6.07, 6.45) is 0. The van der Waals surface area contributed by atoms with Crippen LogP contribution in [0.25, 0.3) is 55.2 Å². The molecule has 0 radical (unpaired) electrons. The molecule has 12 rings (SSSR count). The molecule has 0 saturated heterocycles. The Morgan fingerprint density at radius 1 is 0.400 bits per heavy atom. The Bertz CT molecular complexity index is 3210. The van der Waals surface area contributed by atoms with Crippen LogP contribution in [0.1, 0.15) is 22.3 Å². The van der Waals surface area contributed by atoms with Crippen LogP contribution in [0.3, 0.4) is 0 Å². The zero-order valence-electron chi connectivity index (χ0n) is 32.6. The molecule has 0 fully saturated rings. The number of nitrogens with zero attached hydrogens (tertiary/aromatic N) is 1. The number of benzene rings is 9. The summed E-state index contributed by atoms with van der Waals surface area (Å²) in [6.45, 7) is 0. The summed E-state index contributed by atoms with van der Waals surface area (Å²) in [5.41, 5.74) is 12.7. The maximum atomic E-state index is 12.5. The average Bonchev–Trinajstić information content (AvgIpc) is 3.62. The summed E-state index contributed by atoms with van der Waals surface area (Å²) in [7, 11) is -3.19. The van der Waals surface area contributed by atoms with E-state index in [1.54, 1.807) is 0 Å². The van der Waals surface area contributed by atoms with Crippen molar-refractivity contribution in [2.24, 2.45) is 0 Å². The molecular formula is C56H38NOPS. The van der Waals surface area contributed by atoms with Crippen molar-refractivity contribution >= 4 is 56.8 Å². The molecule has 2 heterocycles. The molecule has 1 aliphatic carbocycles. The molecule has 0 saturated carbocycles. The van der Waals surface area contributed by atoms with Crippen molar-refractivity contribution < 1.29 is 4.89 Å². The van der Waals surface area contributed by atoms with E-state index in [-0.39, 0.29) is 0 Å². The first kappa shape index (κ1) is 35.3. The van der Waals surface area contributed by atoms with Crippen LogP contribution in [-0.2, 0) is 5.41 Å². The molecule has 4 heteroatoms. The van der Waals surface area contributed by atoms with Crippen LogP contribution in [0.5, 0.6) is 0 Å². The van der Waals surface area contributed by atoms with Crippen LogP contribution < -0.4 is 15.9 Å². The predicted octanol–water partition coefficient (Wildman–Crippen LogP) is 12.5. The SMILES string of the molecule is O[PH](c1ccccc1)(c1ccccc1)c1ccc(-c2ccc(-c3nc4ccccc4c4c5c(ccc34)C3(c4ccccc4Sc4ccccc43)c3ccccc3-5)cc2)cc1. The van der Waals surface area contributed by atoms with Gasteiger partial charge in [0.05, 0.1) is 5.41 Å². The fourth-order valence-corrected chi connectivity index (χ4v) is 14.4. The van der Waals surface area contributed by atoms with Crippen LogP contribution >= 0.6 is 19.3 Å². The van der Waals surface area contributed by atoms with Crippen molar-refractivity contribution in [1.29, 1.82) is 0 Å². The molecule has 284 valence electrons. The second kappa shape index (κ2) is 13.7. The minimum absolute atomic E-state index is 0.444. The Kier molecular flexibility index (Phi) is 8.09. The molecule has 10 aromatic rings. The van der Waals surface area contributed by atoms with Crippen LogP contribution in [0.15, 0.2) is 228 Å². The van der Waals surface area contributed by atoms with E-state index in [1.807, 2.05) is 48.2 Å². The number of fused-ring (bicyclic) bond motifs is 13. The Hall–Kier alpha value is -6.61. The first-order valence-corrected chi connectivity index (χ1v) is 23.3. The summed E-state index contributed by atoms with van der Waals surface area (Å²) < 4.78 is 0. The third kappa shape index (κ3) is 5.07. The quantitative estimate of drug-likeness (QED) is 0.139. The van der Waals surface area contributed by atoms with E-state index in [4.69, 9.17) is 4.98 Å². The number of aromatic nitrogens is 1. The molecule has 0 atom stereocenters. The summed E-state index contributed by atoms with van der Waals surface area (Å²) in [6, 6.07) is 78.0. The van der Waals surface area contributed by atoms with Crippen LogP contribution in [0, 0.1) is 0 Å². The van der Waals surface area contributed by atoms with Gasteiger partial charge in [-0.25, -0.2) is 0 Å². The first-order chi connectivity index (χ1) is 29.6. The average molecular weight is 804 g/mol. The van der Waals surface area contributed by atoms with E-state index in [0.29, 0.717) is 0 Å². The Morgan fingerprint density at radius 2 is 0.900 bits per heavy atom. The third-order valence-electron chi connectivity index (χ3n) is 12.9. The van der Waals surface area contributed by atoms with Crippen LogP contribution in [0.2, 0.25) is 0 Å². The van der Waals surface area contributed by atoms with Gasteiger partial charge in [-0.2, -0.15) is 0 Å². The summed E-state index contributed by atoms with van der Waals surface area (Å²) in [5, 5.41) is 6.47. The molecule has 2 nitrogen and oxygen atoms in total. The Morgan fingerprint density at radius 3 is 1.55 bits per heavy atom. The van der Waals surface area contributed by atoms with Crippen molar-refractivity contribution in [3.05, 3.63) is 241 Å². The second-order valence-corrected chi connectivity index (χ2v) is 20.1. The number of hydrogen-bond acceptors (Lipinski definition) is 3. The van der Waals surface area contributed by atoms with Gasteiger partial charge in [0, 0.05) is 9.79 Å². The monoisotopic (exact) mass is 803 g/mol. The van der Waals surface area contributed by atoms with Crippen molar-refractivity contribution in [3.63, 3.8) is 0 Å². The Labute approximate surface area is 354 Å². The van der Waals surface area contributed by atoms with Crippen molar-refractivity contribution in [1.82, 2.24) is 4.98 Å². The Balaban J connectivity index is 1.01. The van der Waals surface area contributed by atoms with Gasteiger partial charge < -0.3 is 0 Å². The van der Waals surface area contributed by atoms with Gasteiger partial charge in [-0.3, -0.25) is 0 Å². The third-order valence-corrected chi connectivity index (χ3v) is 17.5. The van der Waals surface area contributed by atoms with Gasteiger partial charge >= 0.3 is 210 Å². The van der Waals surface area contributed by atoms with Gasteiger partial charge in [-0.15, -0.1) is 0 Å². The topological polar surface area (TPSA) is 33.1 Å². The fourth-order valence-electron chi connectivity index (χ4n) is 10.2. The van der Waals surface area contributed by atoms with Crippen molar-refractivity contribution in [2.45, 2.75) is 15.2 Å².